The van der Waals surface area contributed by atoms with Crippen molar-refractivity contribution < 1.29 is 8.78 Å². The molecule has 94 valence electrons. The van der Waals surface area contributed by atoms with Crippen LogP contribution in [0.4, 0.5) is 8.78 Å². The predicted octanol–water partition coefficient (Wildman–Crippen LogP) is 4.35. The highest BCUT2D eigenvalue weighted by atomic mass is 79.9. The molecule has 0 radical (unpaired) electrons. The summed E-state index contributed by atoms with van der Waals surface area (Å²) >= 11 is 3.40. The number of nitrogens with zero attached hydrogens (tertiary/aromatic N) is 1. The molecule has 0 amide bonds. The number of pyridine rings is 1. The lowest BCUT2D eigenvalue weighted by atomic mass is 10.0. The summed E-state index contributed by atoms with van der Waals surface area (Å²) in [5.41, 5.74) is 2.24. The fraction of sp³-hybridized carbons (Fsp3) is 0.214. The molecule has 0 saturated carbocycles. The average molecular weight is 312 g/mol. The van der Waals surface area contributed by atoms with Crippen LogP contribution in [-0.4, -0.2) is 4.98 Å². The lowest BCUT2D eigenvalue weighted by Gasteiger charge is -2.12. The molecule has 2 rings (SSSR count). The molecule has 0 fully saturated rings. The van der Waals surface area contributed by atoms with Crippen LogP contribution < -0.4 is 0 Å². The van der Waals surface area contributed by atoms with Gasteiger partial charge in [-0.05, 0) is 36.8 Å². The van der Waals surface area contributed by atoms with Crippen molar-refractivity contribution in [3.05, 3.63) is 65.0 Å². The van der Waals surface area contributed by atoms with Crippen LogP contribution in [-0.2, 0) is 6.42 Å². The van der Waals surface area contributed by atoms with Gasteiger partial charge in [0.1, 0.15) is 11.6 Å². The van der Waals surface area contributed by atoms with Crippen LogP contribution in [0, 0.1) is 18.6 Å². The average Bonchev–Trinajstić information content (AvgIpc) is 2.35. The van der Waals surface area contributed by atoms with Gasteiger partial charge >= 0.3 is 0 Å². The van der Waals surface area contributed by atoms with Crippen molar-refractivity contribution in [2.75, 3.05) is 0 Å². The second kappa shape index (κ2) is 5.57. The molecule has 1 aromatic carbocycles. The summed E-state index contributed by atoms with van der Waals surface area (Å²) in [6.07, 6.45) is 2.22. The van der Waals surface area contributed by atoms with Crippen LogP contribution >= 0.6 is 15.9 Å². The molecule has 1 aromatic heterocycles. The second-order valence-electron chi connectivity index (χ2n) is 4.10. The molecule has 0 aliphatic heterocycles. The maximum Gasteiger partial charge on any atom is 0.127 e. The number of alkyl halides is 1. The van der Waals surface area contributed by atoms with Gasteiger partial charge in [0, 0.05) is 28.7 Å². The highest BCUT2D eigenvalue weighted by Crippen LogP contribution is 2.29. The van der Waals surface area contributed by atoms with E-state index in [0.29, 0.717) is 12.0 Å². The van der Waals surface area contributed by atoms with E-state index in [4.69, 9.17) is 0 Å². The summed E-state index contributed by atoms with van der Waals surface area (Å²) in [6.45, 7) is 1.95. The van der Waals surface area contributed by atoms with Crippen molar-refractivity contribution >= 4 is 15.9 Å². The quantitative estimate of drug-likeness (QED) is 0.768. The van der Waals surface area contributed by atoms with Crippen molar-refractivity contribution in [3.8, 4) is 0 Å². The van der Waals surface area contributed by atoms with Crippen molar-refractivity contribution in [1.82, 2.24) is 4.98 Å². The van der Waals surface area contributed by atoms with Gasteiger partial charge in [0.05, 0.1) is 0 Å². The zero-order valence-electron chi connectivity index (χ0n) is 9.83. The Hall–Kier alpha value is -1.29. The van der Waals surface area contributed by atoms with Crippen LogP contribution in [0.3, 0.4) is 0 Å². The van der Waals surface area contributed by atoms with Gasteiger partial charge < -0.3 is 0 Å². The second-order valence-corrected chi connectivity index (χ2v) is 5.21. The molecule has 0 bridgehead atoms. The third-order valence-electron chi connectivity index (χ3n) is 2.79. The molecule has 0 aliphatic rings. The molecule has 1 nitrogen and oxygen atoms in total. The van der Waals surface area contributed by atoms with Gasteiger partial charge in [-0.25, -0.2) is 8.78 Å². The van der Waals surface area contributed by atoms with Crippen LogP contribution in [0.2, 0.25) is 0 Å². The van der Waals surface area contributed by atoms with Crippen LogP contribution in [0.5, 0.6) is 0 Å². The highest BCUT2D eigenvalue weighted by Gasteiger charge is 2.15. The minimum Gasteiger partial charge on any atom is -0.261 e. The van der Waals surface area contributed by atoms with E-state index in [-0.39, 0.29) is 4.83 Å². The number of benzene rings is 1. The van der Waals surface area contributed by atoms with E-state index < -0.39 is 11.6 Å². The Bertz CT molecular complexity index is 557. The molecule has 1 atom stereocenters. The Morgan fingerprint density at radius 3 is 2.78 bits per heavy atom. The van der Waals surface area contributed by atoms with Crippen LogP contribution in [0.15, 0.2) is 36.5 Å². The molecule has 18 heavy (non-hydrogen) atoms. The van der Waals surface area contributed by atoms with Crippen molar-refractivity contribution in [2.45, 2.75) is 18.2 Å². The molecule has 0 aliphatic carbocycles. The first-order chi connectivity index (χ1) is 8.58. The van der Waals surface area contributed by atoms with Gasteiger partial charge in [0.25, 0.3) is 0 Å². The minimum absolute atomic E-state index is 0.290. The zero-order valence-corrected chi connectivity index (χ0v) is 11.4. The largest absolute Gasteiger partial charge is 0.261 e. The van der Waals surface area contributed by atoms with Gasteiger partial charge in [-0.1, -0.05) is 22.0 Å². The maximum absolute atomic E-state index is 13.6. The molecule has 0 spiro atoms. The Labute approximate surface area is 113 Å². The summed E-state index contributed by atoms with van der Waals surface area (Å²) in [7, 11) is 0. The summed E-state index contributed by atoms with van der Waals surface area (Å²) in [6, 6.07) is 7.27. The standard InChI is InChI=1S/C14H12BrF2N/c1-9-3-2-6-18-14(9)8-12(15)11-7-10(16)4-5-13(11)17/h2-7,12H,8H2,1H3. The van der Waals surface area contributed by atoms with E-state index in [1.54, 1.807) is 6.20 Å². The van der Waals surface area contributed by atoms with E-state index in [1.165, 1.54) is 6.07 Å². The minimum atomic E-state index is -0.436. The first-order valence-corrected chi connectivity index (χ1v) is 6.49. The lowest BCUT2D eigenvalue weighted by Crippen LogP contribution is -2.02. The summed E-state index contributed by atoms with van der Waals surface area (Å²) in [5, 5.41) is 0. The molecule has 1 unspecified atom stereocenters. The fourth-order valence-electron chi connectivity index (χ4n) is 1.77. The van der Waals surface area contributed by atoms with Crippen molar-refractivity contribution in [2.24, 2.45) is 0 Å². The third-order valence-corrected chi connectivity index (χ3v) is 3.60. The van der Waals surface area contributed by atoms with Gasteiger partial charge in [0.2, 0.25) is 0 Å². The number of aromatic nitrogens is 1. The molecule has 0 N–H and O–H groups in total. The summed E-state index contributed by atoms with van der Waals surface area (Å²) in [5.74, 6) is -0.847. The van der Waals surface area contributed by atoms with Gasteiger partial charge in [-0.2, -0.15) is 0 Å². The van der Waals surface area contributed by atoms with E-state index in [9.17, 15) is 8.78 Å². The SMILES string of the molecule is Cc1cccnc1CC(Br)c1cc(F)ccc1F. The maximum atomic E-state index is 13.6. The molecule has 1 heterocycles. The van der Waals surface area contributed by atoms with Crippen molar-refractivity contribution in [3.63, 3.8) is 0 Å². The van der Waals surface area contributed by atoms with Gasteiger partial charge in [0.15, 0.2) is 0 Å². The third kappa shape index (κ3) is 2.93. The van der Waals surface area contributed by atoms with Crippen LogP contribution in [0.1, 0.15) is 21.6 Å². The van der Waals surface area contributed by atoms with E-state index in [2.05, 4.69) is 20.9 Å². The number of hydrogen-bond donors (Lipinski definition) is 0. The van der Waals surface area contributed by atoms with E-state index in [1.807, 2.05) is 19.1 Å². The van der Waals surface area contributed by atoms with E-state index >= 15 is 0 Å². The molecule has 2 aromatic rings. The zero-order chi connectivity index (χ0) is 13.1. The van der Waals surface area contributed by atoms with Gasteiger partial charge in [-0.15, -0.1) is 0 Å². The predicted molar refractivity (Wildman–Crippen MR) is 70.7 cm³/mol. The van der Waals surface area contributed by atoms with Crippen LogP contribution in [0.25, 0.3) is 0 Å². The first kappa shape index (κ1) is 13.1. The summed E-state index contributed by atoms with van der Waals surface area (Å²) < 4.78 is 26.7. The topological polar surface area (TPSA) is 12.9 Å². The van der Waals surface area contributed by atoms with Gasteiger partial charge in [-0.3, -0.25) is 4.98 Å². The number of aryl methyl sites for hydroxylation is 1. The molecular weight excluding hydrogens is 300 g/mol. The Kier molecular flexibility index (Phi) is 4.07. The van der Waals surface area contributed by atoms with E-state index in [0.717, 1.165) is 23.4 Å². The molecule has 0 saturated heterocycles. The molecular formula is C14H12BrF2N. The smallest absolute Gasteiger partial charge is 0.127 e. The normalized spacial score (nSPS) is 12.4. The monoisotopic (exact) mass is 311 g/mol. The number of rotatable bonds is 3. The molecule has 4 heteroatoms. The highest BCUT2D eigenvalue weighted by molar-refractivity contribution is 9.09. The Morgan fingerprint density at radius 1 is 1.28 bits per heavy atom. The first-order valence-electron chi connectivity index (χ1n) is 5.57. The number of halogens is 3. The Morgan fingerprint density at radius 2 is 2.06 bits per heavy atom. The summed E-state index contributed by atoms with van der Waals surface area (Å²) in [4.78, 5) is 3.96. The number of hydrogen-bond acceptors (Lipinski definition) is 1. The Balaban J connectivity index is 2.25. The fourth-order valence-corrected chi connectivity index (χ4v) is 2.42. The lowest BCUT2D eigenvalue weighted by molar-refractivity contribution is 0.583. The van der Waals surface area contributed by atoms with Crippen molar-refractivity contribution in [1.29, 1.82) is 0 Å².